The van der Waals surface area contributed by atoms with E-state index >= 15 is 0 Å². The van der Waals surface area contributed by atoms with Gasteiger partial charge in [-0.3, -0.25) is 4.79 Å². The Morgan fingerprint density at radius 2 is 2.04 bits per heavy atom. The first-order chi connectivity index (χ1) is 11.9. The molecule has 2 aromatic heterocycles. The summed E-state index contributed by atoms with van der Waals surface area (Å²) in [4.78, 5) is 28.4. The van der Waals surface area contributed by atoms with Crippen molar-refractivity contribution in [2.45, 2.75) is 19.9 Å². The zero-order valence-electron chi connectivity index (χ0n) is 15.1. The molecular weight excluding hydrogens is 318 g/mol. The molecular formula is C18H25N5O2. The van der Waals surface area contributed by atoms with Crippen LogP contribution in [0, 0.1) is 11.8 Å². The van der Waals surface area contributed by atoms with Gasteiger partial charge in [0, 0.05) is 39.3 Å². The fourth-order valence-corrected chi connectivity index (χ4v) is 3.38. The molecule has 25 heavy (non-hydrogen) atoms. The molecule has 3 amide bonds. The van der Waals surface area contributed by atoms with Gasteiger partial charge in [0.25, 0.3) is 5.91 Å². The Hall–Kier alpha value is -2.57. The Bertz CT molecular complexity index is 783. The van der Waals surface area contributed by atoms with Crippen LogP contribution in [0.4, 0.5) is 4.79 Å². The highest BCUT2D eigenvalue weighted by Gasteiger charge is 2.38. The minimum atomic E-state index is -0.124. The van der Waals surface area contributed by atoms with E-state index in [4.69, 9.17) is 0 Å². The fourth-order valence-electron chi connectivity index (χ4n) is 3.38. The van der Waals surface area contributed by atoms with Gasteiger partial charge in [0.15, 0.2) is 0 Å². The molecule has 7 heteroatoms. The topological polar surface area (TPSA) is 70.0 Å². The molecule has 0 aromatic carbocycles. The molecule has 7 nitrogen and oxygen atoms in total. The minimum absolute atomic E-state index is 0.0338. The first-order valence-electron chi connectivity index (χ1n) is 8.58. The summed E-state index contributed by atoms with van der Waals surface area (Å²) in [7, 11) is 3.44. The van der Waals surface area contributed by atoms with Crippen LogP contribution in [0.15, 0.2) is 30.6 Å². The van der Waals surface area contributed by atoms with E-state index in [0.29, 0.717) is 24.6 Å². The summed E-state index contributed by atoms with van der Waals surface area (Å²) in [5.41, 5.74) is 1.40. The molecule has 1 fully saturated rings. The number of pyridine rings is 1. The van der Waals surface area contributed by atoms with Gasteiger partial charge in [-0.25, -0.2) is 9.31 Å². The summed E-state index contributed by atoms with van der Waals surface area (Å²) in [5, 5.41) is 7.30. The average Bonchev–Trinajstić information content (AvgIpc) is 3.18. The van der Waals surface area contributed by atoms with Crippen molar-refractivity contribution in [1.29, 1.82) is 0 Å². The summed E-state index contributed by atoms with van der Waals surface area (Å²) in [5.74, 6) is 0.567. The Labute approximate surface area is 147 Å². The predicted octanol–water partition coefficient (Wildman–Crippen LogP) is 1.70. The van der Waals surface area contributed by atoms with Crippen molar-refractivity contribution < 1.29 is 9.59 Å². The molecule has 0 unspecified atom stereocenters. The monoisotopic (exact) mass is 343 g/mol. The van der Waals surface area contributed by atoms with E-state index in [9.17, 15) is 9.59 Å². The first kappa shape index (κ1) is 17.3. The number of urea groups is 1. The molecule has 134 valence electrons. The molecule has 1 aliphatic heterocycles. The fraction of sp³-hybridized carbons (Fsp3) is 0.500. The number of rotatable bonds is 3. The molecule has 1 aliphatic rings. The van der Waals surface area contributed by atoms with Gasteiger partial charge in [-0.2, -0.15) is 5.10 Å². The number of hydrogen-bond acceptors (Lipinski definition) is 3. The summed E-state index contributed by atoms with van der Waals surface area (Å²) in [6, 6.07) is 5.50. The highest BCUT2D eigenvalue weighted by Crippen LogP contribution is 2.26. The van der Waals surface area contributed by atoms with E-state index in [1.165, 1.54) is 4.90 Å². The zero-order valence-corrected chi connectivity index (χ0v) is 15.1. The summed E-state index contributed by atoms with van der Waals surface area (Å²) in [6.07, 6.45) is 3.45. The van der Waals surface area contributed by atoms with E-state index in [2.05, 4.69) is 24.3 Å². The molecule has 3 rings (SSSR count). The van der Waals surface area contributed by atoms with Crippen molar-refractivity contribution in [1.82, 2.24) is 24.7 Å². The maximum Gasteiger partial charge on any atom is 0.317 e. The van der Waals surface area contributed by atoms with Gasteiger partial charge in [-0.15, -0.1) is 0 Å². The molecule has 2 aromatic rings. The molecule has 1 N–H and O–H groups in total. The third-order valence-electron chi connectivity index (χ3n) is 4.88. The average molecular weight is 343 g/mol. The van der Waals surface area contributed by atoms with Crippen molar-refractivity contribution in [3.05, 3.63) is 36.2 Å². The number of amides is 3. The molecule has 0 radical (unpaired) electrons. The van der Waals surface area contributed by atoms with Gasteiger partial charge in [-0.1, -0.05) is 19.9 Å². The second-order valence-corrected chi connectivity index (χ2v) is 7.16. The minimum Gasteiger partial charge on any atom is -0.336 e. The third-order valence-corrected chi connectivity index (χ3v) is 4.88. The predicted molar refractivity (Wildman–Crippen MR) is 95.4 cm³/mol. The number of aromatic nitrogens is 2. The van der Waals surface area contributed by atoms with Crippen LogP contribution in [0.25, 0.3) is 5.52 Å². The van der Waals surface area contributed by atoms with Crippen molar-refractivity contribution in [2.24, 2.45) is 11.8 Å². The van der Waals surface area contributed by atoms with Crippen LogP contribution >= 0.6 is 0 Å². The standard InChI is InChI=1S/C18H25N5O2/c1-12(2)14-10-22(11-15(14)20-18(25)21(3)4)17(24)13-9-19-23-8-6-5-7-16(13)23/h5-9,12,14-15H,10-11H2,1-4H3,(H,20,25)/t14-,15+/m0/s1. The van der Waals surface area contributed by atoms with Gasteiger partial charge >= 0.3 is 6.03 Å². The molecule has 0 saturated carbocycles. The quantitative estimate of drug-likeness (QED) is 0.922. The van der Waals surface area contributed by atoms with Gasteiger partial charge in [-0.05, 0) is 18.1 Å². The highest BCUT2D eigenvalue weighted by atomic mass is 16.2. The number of carbonyl (C=O) groups is 2. The number of likely N-dealkylation sites (tertiary alicyclic amines) is 1. The van der Waals surface area contributed by atoms with E-state index in [1.54, 1.807) is 24.8 Å². The molecule has 0 aliphatic carbocycles. The van der Waals surface area contributed by atoms with Crippen molar-refractivity contribution in [2.75, 3.05) is 27.2 Å². The van der Waals surface area contributed by atoms with Crippen molar-refractivity contribution >= 4 is 17.5 Å². The molecule has 0 spiro atoms. The lowest BCUT2D eigenvalue weighted by atomic mass is 9.91. The van der Waals surface area contributed by atoms with Crippen LogP contribution in [-0.2, 0) is 0 Å². The van der Waals surface area contributed by atoms with Crippen molar-refractivity contribution in [3.8, 4) is 0 Å². The third kappa shape index (κ3) is 3.31. The number of fused-ring (bicyclic) bond motifs is 1. The summed E-state index contributed by atoms with van der Waals surface area (Å²) < 4.78 is 1.70. The highest BCUT2D eigenvalue weighted by molar-refractivity contribution is 6.00. The van der Waals surface area contributed by atoms with Crippen molar-refractivity contribution in [3.63, 3.8) is 0 Å². The SMILES string of the molecule is CC(C)[C@@H]1CN(C(=O)c2cnn3ccccc23)C[C@H]1NC(=O)N(C)C. The van der Waals surface area contributed by atoms with Crippen LogP contribution in [0.1, 0.15) is 24.2 Å². The lowest BCUT2D eigenvalue weighted by Crippen LogP contribution is -2.46. The lowest BCUT2D eigenvalue weighted by Gasteiger charge is -2.24. The molecule has 1 saturated heterocycles. The Morgan fingerprint density at radius 1 is 1.28 bits per heavy atom. The van der Waals surface area contributed by atoms with Gasteiger partial charge in [0.1, 0.15) is 0 Å². The maximum atomic E-state index is 13.0. The molecule has 2 atom stereocenters. The Kier molecular flexibility index (Phi) is 4.65. The zero-order chi connectivity index (χ0) is 18.1. The van der Waals surface area contributed by atoms with Gasteiger partial charge in [0.2, 0.25) is 0 Å². The second-order valence-electron chi connectivity index (χ2n) is 7.16. The summed E-state index contributed by atoms with van der Waals surface area (Å²) in [6.45, 7) is 5.41. The van der Waals surface area contributed by atoms with E-state index in [1.807, 2.05) is 29.3 Å². The van der Waals surface area contributed by atoms with Crippen LogP contribution in [0.2, 0.25) is 0 Å². The number of carbonyl (C=O) groups excluding carboxylic acids is 2. The molecule has 0 bridgehead atoms. The second kappa shape index (κ2) is 6.74. The van der Waals surface area contributed by atoms with Crippen LogP contribution in [0.5, 0.6) is 0 Å². The van der Waals surface area contributed by atoms with Gasteiger partial charge < -0.3 is 15.1 Å². The van der Waals surface area contributed by atoms with Crippen LogP contribution < -0.4 is 5.32 Å². The van der Waals surface area contributed by atoms with Gasteiger partial charge in [0.05, 0.1) is 23.3 Å². The lowest BCUT2D eigenvalue weighted by molar-refractivity contribution is 0.0784. The molecule has 3 heterocycles. The summed E-state index contributed by atoms with van der Waals surface area (Å²) >= 11 is 0. The van der Waals surface area contributed by atoms with E-state index in [0.717, 1.165) is 5.52 Å². The van der Waals surface area contributed by atoms with Crippen LogP contribution in [0.3, 0.4) is 0 Å². The van der Waals surface area contributed by atoms with Crippen LogP contribution in [-0.4, -0.2) is 64.6 Å². The van der Waals surface area contributed by atoms with E-state index < -0.39 is 0 Å². The largest absolute Gasteiger partial charge is 0.336 e. The first-order valence-corrected chi connectivity index (χ1v) is 8.58. The number of nitrogens with one attached hydrogen (secondary N) is 1. The maximum absolute atomic E-state index is 13.0. The normalized spacial score (nSPS) is 20.3. The van der Waals surface area contributed by atoms with E-state index in [-0.39, 0.29) is 23.9 Å². The number of hydrogen-bond donors (Lipinski definition) is 1. The smallest absolute Gasteiger partial charge is 0.317 e. The Morgan fingerprint density at radius 3 is 2.72 bits per heavy atom. The Balaban J connectivity index is 1.80. The number of nitrogens with zero attached hydrogens (tertiary/aromatic N) is 4.